The highest BCUT2D eigenvalue weighted by Gasteiger charge is 2.15. The molecule has 0 aliphatic carbocycles. The third-order valence-corrected chi connectivity index (χ3v) is 5.28. The fraction of sp³-hybridized carbons (Fsp3) is 0.321. The van der Waals surface area contributed by atoms with E-state index in [2.05, 4.69) is 6.92 Å². The highest BCUT2D eigenvalue weighted by atomic mass is 16.5. The van der Waals surface area contributed by atoms with Gasteiger partial charge < -0.3 is 23.4 Å². The molecule has 8 nitrogen and oxygen atoms in total. The summed E-state index contributed by atoms with van der Waals surface area (Å²) < 4.78 is 26.6. The first kappa shape index (κ1) is 26.5. The monoisotopic (exact) mass is 494 g/mol. The summed E-state index contributed by atoms with van der Waals surface area (Å²) in [6.07, 6.45) is 7.34. The second-order valence-corrected chi connectivity index (χ2v) is 7.94. The summed E-state index contributed by atoms with van der Waals surface area (Å²) in [6.45, 7) is 4.57. The molecule has 0 atom stereocenters. The lowest BCUT2D eigenvalue weighted by Crippen LogP contribution is -2.16. The van der Waals surface area contributed by atoms with E-state index in [9.17, 15) is 14.4 Å². The summed E-state index contributed by atoms with van der Waals surface area (Å²) in [5.74, 6) is 0.0471. The van der Waals surface area contributed by atoms with Crippen LogP contribution >= 0.6 is 0 Å². The van der Waals surface area contributed by atoms with Gasteiger partial charge in [-0.15, -0.1) is 0 Å². The van der Waals surface area contributed by atoms with Crippen LogP contribution in [0.4, 0.5) is 0 Å². The number of rotatable bonds is 12. The second-order valence-electron chi connectivity index (χ2n) is 7.94. The van der Waals surface area contributed by atoms with Crippen LogP contribution in [-0.2, 0) is 9.53 Å². The molecule has 0 bridgehead atoms. The van der Waals surface area contributed by atoms with Gasteiger partial charge in [0, 0.05) is 17.5 Å². The van der Waals surface area contributed by atoms with E-state index in [0.717, 1.165) is 18.4 Å². The predicted molar refractivity (Wildman–Crippen MR) is 136 cm³/mol. The lowest BCUT2D eigenvalue weighted by Gasteiger charge is -2.11. The molecular formula is C28H30O8. The van der Waals surface area contributed by atoms with Crippen LogP contribution in [0.1, 0.15) is 55.5 Å². The topological polar surface area (TPSA) is 101 Å². The SMILES string of the molecule is CCCCCCOc1ccc(/C=C/C(=O)Oc2ccc3cc(C(=O)OCC)c(=O)oc3c2)cc1OC. The predicted octanol–water partition coefficient (Wildman–Crippen LogP) is 5.56. The molecule has 2 aromatic carbocycles. The molecule has 1 aromatic heterocycles. The Hall–Kier alpha value is -4.07. The summed E-state index contributed by atoms with van der Waals surface area (Å²) in [6, 6.07) is 11.3. The maximum atomic E-state index is 12.3. The van der Waals surface area contributed by atoms with Crippen molar-refractivity contribution in [1.82, 2.24) is 0 Å². The highest BCUT2D eigenvalue weighted by molar-refractivity contribution is 5.93. The van der Waals surface area contributed by atoms with E-state index in [1.54, 1.807) is 44.4 Å². The van der Waals surface area contributed by atoms with Gasteiger partial charge in [-0.1, -0.05) is 32.3 Å². The molecule has 190 valence electrons. The molecule has 0 radical (unpaired) electrons. The lowest BCUT2D eigenvalue weighted by atomic mass is 10.2. The number of methoxy groups -OCH3 is 1. The average Bonchev–Trinajstić information content (AvgIpc) is 2.87. The molecule has 0 saturated carbocycles. The Morgan fingerprint density at radius 2 is 1.81 bits per heavy atom. The first-order chi connectivity index (χ1) is 17.4. The first-order valence-electron chi connectivity index (χ1n) is 11.9. The molecule has 3 rings (SSSR count). The van der Waals surface area contributed by atoms with E-state index >= 15 is 0 Å². The van der Waals surface area contributed by atoms with Gasteiger partial charge in [0.05, 0.1) is 20.3 Å². The third kappa shape index (κ3) is 7.21. The molecule has 1 heterocycles. The van der Waals surface area contributed by atoms with Crippen molar-refractivity contribution in [3.63, 3.8) is 0 Å². The molecule has 0 unspecified atom stereocenters. The van der Waals surface area contributed by atoms with Crippen molar-refractivity contribution >= 4 is 29.0 Å². The maximum absolute atomic E-state index is 12.3. The molecule has 3 aromatic rings. The summed E-state index contributed by atoms with van der Waals surface area (Å²) in [5.41, 5.74) is -0.109. The van der Waals surface area contributed by atoms with Crippen LogP contribution < -0.4 is 19.8 Å². The van der Waals surface area contributed by atoms with Gasteiger partial charge in [-0.2, -0.15) is 0 Å². The molecule has 0 fully saturated rings. The average molecular weight is 495 g/mol. The number of hydrogen-bond donors (Lipinski definition) is 0. The summed E-state index contributed by atoms with van der Waals surface area (Å²) in [7, 11) is 1.56. The number of fused-ring (bicyclic) bond motifs is 1. The first-order valence-corrected chi connectivity index (χ1v) is 11.9. The smallest absolute Gasteiger partial charge is 0.351 e. The minimum absolute atomic E-state index is 0.141. The Balaban J connectivity index is 1.65. The molecule has 0 aliphatic rings. The Kier molecular flexibility index (Phi) is 9.68. The van der Waals surface area contributed by atoms with Gasteiger partial charge in [0.15, 0.2) is 11.5 Å². The van der Waals surface area contributed by atoms with Gasteiger partial charge in [-0.05, 0) is 55.3 Å². The molecular weight excluding hydrogens is 464 g/mol. The van der Waals surface area contributed by atoms with Crippen molar-refractivity contribution in [1.29, 1.82) is 0 Å². The molecule has 8 heteroatoms. The second kappa shape index (κ2) is 13.1. The number of esters is 2. The number of carbonyl (C=O) groups excluding carboxylic acids is 2. The molecule has 0 N–H and O–H groups in total. The number of ether oxygens (including phenoxy) is 4. The van der Waals surface area contributed by atoms with Crippen molar-refractivity contribution in [2.75, 3.05) is 20.3 Å². The number of carbonyl (C=O) groups is 2. The molecule has 0 saturated heterocycles. The zero-order valence-corrected chi connectivity index (χ0v) is 20.7. The van der Waals surface area contributed by atoms with Gasteiger partial charge >= 0.3 is 17.6 Å². The van der Waals surface area contributed by atoms with Gasteiger partial charge in [-0.3, -0.25) is 0 Å². The van der Waals surface area contributed by atoms with Gasteiger partial charge in [0.2, 0.25) is 0 Å². The maximum Gasteiger partial charge on any atom is 0.351 e. The van der Waals surface area contributed by atoms with E-state index < -0.39 is 17.6 Å². The van der Waals surface area contributed by atoms with E-state index in [1.807, 2.05) is 6.07 Å². The van der Waals surface area contributed by atoms with E-state index in [0.29, 0.717) is 23.5 Å². The fourth-order valence-electron chi connectivity index (χ4n) is 3.44. The Morgan fingerprint density at radius 3 is 2.56 bits per heavy atom. The minimum atomic E-state index is -0.827. The number of benzene rings is 2. The zero-order valence-electron chi connectivity index (χ0n) is 20.7. The summed E-state index contributed by atoms with van der Waals surface area (Å²) >= 11 is 0. The lowest BCUT2D eigenvalue weighted by molar-refractivity contribution is -0.128. The molecule has 36 heavy (non-hydrogen) atoms. The quantitative estimate of drug-likeness (QED) is 0.106. The van der Waals surface area contributed by atoms with E-state index in [1.165, 1.54) is 31.1 Å². The van der Waals surface area contributed by atoms with Gasteiger partial charge in [0.1, 0.15) is 16.9 Å². The van der Waals surface area contributed by atoms with Crippen LogP contribution in [0.15, 0.2) is 57.8 Å². The van der Waals surface area contributed by atoms with Crippen LogP contribution in [0.3, 0.4) is 0 Å². The normalized spacial score (nSPS) is 11.0. The van der Waals surface area contributed by atoms with Gasteiger partial charge in [-0.25, -0.2) is 14.4 Å². The Labute approximate surface area is 209 Å². The van der Waals surface area contributed by atoms with Crippen LogP contribution in [-0.4, -0.2) is 32.3 Å². The highest BCUT2D eigenvalue weighted by Crippen LogP contribution is 2.29. The van der Waals surface area contributed by atoms with Crippen molar-refractivity contribution in [3.05, 3.63) is 70.1 Å². The van der Waals surface area contributed by atoms with Crippen molar-refractivity contribution < 1.29 is 33.0 Å². The summed E-state index contributed by atoms with van der Waals surface area (Å²) in [4.78, 5) is 36.3. The van der Waals surface area contributed by atoms with Crippen LogP contribution in [0, 0.1) is 0 Å². The molecule has 0 amide bonds. The number of unbranched alkanes of at least 4 members (excludes halogenated alkanes) is 3. The van der Waals surface area contributed by atoms with Crippen LogP contribution in [0.2, 0.25) is 0 Å². The van der Waals surface area contributed by atoms with Crippen molar-refractivity contribution in [2.45, 2.75) is 39.5 Å². The minimum Gasteiger partial charge on any atom is -0.493 e. The van der Waals surface area contributed by atoms with Crippen molar-refractivity contribution in [2.24, 2.45) is 0 Å². The Bertz CT molecular complexity index is 1290. The van der Waals surface area contributed by atoms with Crippen LogP contribution in [0.5, 0.6) is 17.2 Å². The fourth-order valence-corrected chi connectivity index (χ4v) is 3.44. The summed E-state index contributed by atoms with van der Waals surface area (Å²) in [5, 5.41) is 0.493. The van der Waals surface area contributed by atoms with Crippen molar-refractivity contribution in [3.8, 4) is 17.2 Å². The zero-order chi connectivity index (χ0) is 25.9. The standard InChI is InChI=1S/C28H30O8/c1-4-6-7-8-15-34-23-13-9-19(16-25(23)32-3)10-14-26(29)35-21-12-11-20-17-22(27(30)33-5-2)28(31)36-24(20)18-21/h9-14,16-18H,4-8,15H2,1-3H3/b14-10+. The molecule has 0 spiro atoms. The van der Waals surface area contributed by atoms with E-state index in [4.69, 9.17) is 23.4 Å². The molecule has 0 aliphatic heterocycles. The number of hydrogen-bond acceptors (Lipinski definition) is 8. The van der Waals surface area contributed by atoms with Gasteiger partial charge in [0.25, 0.3) is 0 Å². The van der Waals surface area contributed by atoms with Crippen LogP contribution in [0.25, 0.3) is 17.0 Å². The third-order valence-electron chi connectivity index (χ3n) is 5.28. The Morgan fingerprint density at radius 1 is 0.972 bits per heavy atom. The largest absolute Gasteiger partial charge is 0.493 e. The van der Waals surface area contributed by atoms with E-state index in [-0.39, 0.29) is 23.5 Å².